The van der Waals surface area contributed by atoms with Crippen LogP contribution in [0, 0.1) is 0 Å². The quantitative estimate of drug-likeness (QED) is 0.551. The second kappa shape index (κ2) is 2.31. The Morgan fingerprint density at radius 2 is 2.27 bits per heavy atom. The smallest absolute Gasteiger partial charge is 0.151 e. The summed E-state index contributed by atoms with van der Waals surface area (Å²) in [5, 5.41) is 0. The average molecular weight is 146 g/mol. The highest BCUT2D eigenvalue weighted by molar-refractivity contribution is 5.67. The molecule has 2 heteroatoms. The summed E-state index contributed by atoms with van der Waals surface area (Å²) in [5.74, 6) is 0.704. The van der Waals surface area contributed by atoms with Gasteiger partial charge in [-0.1, -0.05) is 18.2 Å². The molecule has 0 aromatic heterocycles. The lowest BCUT2D eigenvalue weighted by Crippen LogP contribution is -2.00. The van der Waals surface area contributed by atoms with Gasteiger partial charge in [-0.2, -0.15) is 0 Å². The van der Waals surface area contributed by atoms with Crippen LogP contribution in [0.3, 0.4) is 0 Å². The third-order valence-corrected chi connectivity index (χ3v) is 1.67. The average Bonchev–Trinajstić information content (AvgIpc) is 2.06. The minimum absolute atomic E-state index is 0.465. The number of hydrogen-bond acceptors (Lipinski definition) is 1. The summed E-state index contributed by atoms with van der Waals surface area (Å²) in [5.41, 5.74) is 8.96. The van der Waals surface area contributed by atoms with Crippen LogP contribution in [0.1, 0.15) is 5.56 Å². The van der Waals surface area contributed by atoms with Crippen molar-refractivity contribution in [1.29, 1.82) is 0 Å². The maximum absolute atomic E-state index is 7.49. The van der Waals surface area contributed by atoms with Crippen LogP contribution in [-0.2, 0) is 0 Å². The Hall–Kier alpha value is -1.44. The Morgan fingerprint density at radius 1 is 1.36 bits per heavy atom. The van der Waals surface area contributed by atoms with E-state index in [9.17, 15) is 0 Å². The molecule has 0 saturated carbocycles. The second-order valence-electron chi connectivity index (χ2n) is 2.44. The molecule has 0 unspecified atom stereocenters. The van der Waals surface area contributed by atoms with Crippen molar-refractivity contribution in [2.75, 3.05) is 6.61 Å². The summed E-state index contributed by atoms with van der Waals surface area (Å²) < 4.78 is 5.28. The number of nitrogens with one attached hydrogen (secondary N) is 1. The van der Waals surface area contributed by atoms with E-state index >= 15 is 0 Å². The minimum Gasteiger partial charge on any atom is -0.487 e. The van der Waals surface area contributed by atoms with Crippen molar-refractivity contribution >= 4 is 11.8 Å². The van der Waals surface area contributed by atoms with Gasteiger partial charge >= 0.3 is 0 Å². The Kier molecular flexibility index (Phi) is 1.32. The fraction of sp³-hybridized carbons (Fsp3) is 0.111. The van der Waals surface area contributed by atoms with Crippen LogP contribution in [0.4, 0.5) is 5.69 Å². The summed E-state index contributed by atoms with van der Waals surface area (Å²) in [6.45, 7) is 0.586. The molecule has 2 nitrogen and oxygen atoms in total. The standard InChI is InChI=1S/C9H8NO/c10-8-5-1-3-7-4-2-6-11-9(7)8/h1-5,10H,6H2. The molecule has 0 spiro atoms. The maximum Gasteiger partial charge on any atom is 0.151 e. The van der Waals surface area contributed by atoms with Gasteiger partial charge in [0, 0.05) is 5.56 Å². The SMILES string of the molecule is [NH]c1cccc2c1OCC=C2. The van der Waals surface area contributed by atoms with E-state index in [-0.39, 0.29) is 0 Å². The van der Waals surface area contributed by atoms with Gasteiger partial charge in [-0.05, 0) is 12.1 Å². The lowest BCUT2D eigenvalue weighted by molar-refractivity contribution is 0.359. The molecule has 1 heterocycles. The highest BCUT2D eigenvalue weighted by Crippen LogP contribution is 2.30. The molecule has 0 bridgehead atoms. The van der Waals surface area contributed by atoms with Crippen LogP contribution in [0.25, 0.3) is 6.08 Å². The van der Waals surface area contributed by atoms with Crippen molar-refractivity contribution in [3.63, 3.8) is 0 Å². The molecule has 1 aliphatic rings. The van der Waals surface area contributed by atoms with Crippen LogP contribution >= 0.6 is 0 Å². The van der Waals surface area contributed by atoms with Crippen LogP contribution in [0.5, 0.6) is 5.75 Å². The summed E-state index contributed by atoms with van der Waals surface area (Å²) in [4.78, 5) is 0. The second-order valence-corrected chi connectivity index (χ2v) is 2.44. The Bertz CT molecular complexity index is 304. The van der Waals surface area contributed by atoms with Crippen LogP contribution in [0.15, 0.2) is 24.3 Å². The van der Waals surface area contributed by atoms with Gasteiger partial charge in [0.25, 0.3) is 0 Å². The Morgan fingerprint density at radius 3 is 3.09 bits per heavy atom. The molecular formula is C9H8NO. The van der Waals surface area contributed by atoms with Crippen LogP contribution in [-0.4, -0.2) is 6.61 Å². The number of rotatable bonds is 0. The maximum atomic E-state index is 7.49. The number of hydrogen-bond donors (Lipinski definition) is 0. The molecule has 1 aromatic rings. The highest BCUT2D eigenvalue weighted by atomic mass is 16.5. The third kappa shape index (κ3) is 0.963. The van der Waals surface area contributed by atoms with Crippen molar-refractivity contribution in [2.24, 2.45) is 0 Å². The molecule has 1 aromatic carbocycles. The zero-order chi connectivity index (χ0) is 7.68. The molecule has 1 aliphatic heterocycles. The Labute approximate surface area is 65.3 Å². The molecule has 0 fully saturated rings. The van der Waals surface area contributed by atoms with Crippen molar-refractivity contribution in [3.05, 3.63) is 29.8 Å². The van der Waals surface area contributed by atoms with Crippen LogP contribution in [0.2, 0.25) is 0 Å². The number of para-hydroxylation sites is 1. The van der Waals surface area contributed by atoms with E-state index in [0.29, 0.717) is 18.0 Å². The topological polar surface area (TPSA) is 33.0 Å². The summed E-state index contributed by atoms with van der Waals surface area (Å²) >= 11 is 0. The summed E-state index contributed by atoms with van der Waals surface area (Å²) in [7, 11) is 0. The van der Waals surface area contributed by atoms with Gasteiger partial charge in [0.1, 0.15) is 6.61 Å². The van der Waals surface area contributed by atoms with E-state index in [1.165, 1.54) is 0 Å². The van der Waals surface area contributed by atoms with Crippen molar-refractivity contribution in [1.82, 2.24) is 5.73 Å². The predicted molar refractivity (Wildman–Crippen MR) is 43.7 cm³/mol. The first kappa shape index (κ1) is 6.28. The third-order valence-electron chi connectivity index (χ3n) is 1.67. The van der Waals surface area contributed by atoms with Gasteiger partial charge in [-0.3, -0.25) is 5.73 Å². The Balaban J connectivity index is 2.60. The van der Waals surface area contributed by atoms with Gasteiger partial charge in [0.15, 0.2) is 5.75 Å². The monoisotopic (exact) mass is 146 g/mol. The molecule has 11 heavy (non-hydrogen) atoms. The first-order valence-electron chi connectivity index (χ1n) is 3.52. The van der Waals surface area contributed by atoms with E-state index in [4.69, 9.17) is 10.5 Å². The lowest BCUT2D eigenvalue weighted by atomic mass is 10.1. The van der Waals surface area contributed by atoms with Crippen LogP contribution < -0.4 is 10.5 Å². The van der Waals surface area contributed by atoms with Gasteiger partial charge in [0.2, 0.25) is 0 Å². The largest absolute Gasteiger partial charge is 0.487 e. The molecule has 2 rings (SSSR count). The number of ether oxygens (including phenoxy) is 1. The normalized spacial score (nSPS) is 13.8. The fourth-order valence-electron chi connectivity index (χ4n) is 1.15. The molecule has 55 valence electrons. The van der Waals surface area contributed by atoms with E-state index < -0.39 is 0 Å². The molecule has 1 N–H and O–H groups in total. The lowest BCUT2D eigenvalue weighted by Gasteiger charge is -2.12. The summed E-state index contributed by atoms with van der Waals surface area (Å²) in [6.07, 6.45) is 3.93. The van der Waals surface area contributed by atoms with E-state index in [2.05, 4.69) is 0 Å². The van der Waals surface area contributed by atoms with Crippen molar-refractivity contribution < 1.29 is 4.74 Å². The minimum atomic E-state index is 0.465. The van der Waals surface area contributed by atoms with Crippen molar-refractivity contribution in [2.45, 2.75) is 0 Å². The molecule has 0 amide bonds. The van der Waals surface area contributed by atoms with E-state index in [1.807, 2.05) is 24.3 Å². The van der Waals surface area contributed by atoms with Gasteiger partial charge < -0.3 is 4.74 Å². The predicted octanol–water partition coefficient (Wildman–Crippen LogP) is 2.01. The summed E-state index contributed by atoms with van der Waals surface area (Å²) in [6, 6.07) is 5.54. The highest BCUT2D eigenvalue weighted by Gasteiger charge is 2.07. The van der Waals surface area contributed by atoms with Gasteiger partial charge in [-0.25, -0.2) is 0 Å². The number of benzene rings is 1. The zero-order valence-electron chi connectivity index (χ0n) is 6.00. The molecule has 0 atom stereocenters. The van der Waals surface area contributed by atoms with E-state index in [0.717, 1.165) is 5.56 Å². The number of fused-ring (bicyclic) bond motifs is 1. The van der Waals surface area contributed by atoms with E-state index in [1.54, 1.807) is 6.07 Å². The molecular weight excluding hydrogens is 138 g/mol. The first-order chi connectivity index (χ1) is 5.38. The fourth-order valence-corrected chi connectivity index (χ4v) is 1.15. The first-order valence-corrected chi connectivity index (χ1v) is 3.52. The molecule has 1 radical (unpaired) electrons. The van der Waals surface area contributed by atoms with Gasteiger partial charge in [-0.15, -0.1) is 0 Å². The van der Waals surface area contributed by atoms with Gasteiger partial charge in [0.05, 0.1) is 5.69 Å². The molecule has 0 saturated heterocycles. The van der Waals surface area contributed by atoms with Crippen molar-refractivity contribution in [3.8, 4) is 5.75 Å². The molecule has 0 aliphatic carbocycles. The zero-order valence-corrected chi connectivity index (χ0v) is 6.00.